The number of phenolic OH excluding ortho intramolecular Hbond substituents is 1. The van der Waals surface area contributed by atoms with Gasteiger partial charge in [-0.05, 0) is 12.1 Å². The van der Waals surface area contributed by atoms with E-state index in [2.05, 4.69) is 15.9 Å². The molecule has 1 rings (SSSR count). The van der Waals surface area contributed by atoms with Crippen LogP contribution in [0.5, 0.6) is 5.75 Å². The van der Waals surface area contributed by atoms with Gasteiger partial charge in [-0.3, -0.25) is 0 Å². The van der Waals surface area contributed by atoms with Crippen LogP contribution in [0.3, 0.4) is 0 Å². The molecule has 4 N–H and O–H groups in total. The number of aliphatic hydroxyl groups is 1. The van der Waals surface area contributed by atoms with Crippen LogP contribution in [0.1, 0.15) is 17.2 Å². The molecule has 0 fully saturated rings. The minimum absolute atomic E-state index is 0.145. The molecular weight excluding hydrogens is 248 g/mol. The smallest absolute Gasteiger partial charge is 0.139 e. The number of nitrogens with zero attached hydrogens (tertiary/aromatic N) is 1. The van der Waals surface area contributed by atoms with Crippen molar-refractivity contribution < 1.29 is 10.2 Å². The van der Waals surface area contributed by atoms with Crippen LogP contribution in [0.25, 0.3) is 0 Å². The van der Waals surface area contributed by atoms with E-state index >= 15 is 0 Å². The molecule has 0 radical (unpaired) electrons. The van der Waals surface area contributed by atoms with Gasteiger partial charge in [0.1, 0.15) is 11.8 Å². The van der Waals surface area contributed by atoms with E-state index in [9.17, 15) is 5.11 Å². The second kappa shape index (κ2) is 4.42. The molecule has 5 heteroatoms. The van der Waals surface area contributed by atoms with Crippen LogP contribution in [-0.2, 0) is 0 Å². The van der Waals surface area contributed by atoms with E-state index < -0.39 is 6.04 Å². The Bertz CT molecular complexity index is 387. The molecule has 0 aliphatic carbocycles. The zero-order valence-electron chi connectivity index (χ0n) is 7.24. The van der Waals surface area contributed by atoms with Gasteiger partial charge >= 0.3 is 0 Å². The molecule has 0 saturated heterocycles. The first kappa shape index (κ1) is 11.0. The van der Waals surface area contributed by atoms with Crippen molar-refractivity contribution in [1.29, 1.82) is 5.26 Å². The Morgan fingerprint density at radius 3 is 2.71 bits per heavy atom. The summed E-state index contributed by atoms with van der Waals surface area (Å²) in [5, 5.41) is 27.1. The molecule has 14 heavy (non-hydrogen) atoms. The number of nitrogens with two attached hydrogens (primary N) is 1. The number of hydrogen-bond donors (Lipinski definition) is 3. The fourth-order valence-corrected chi connectivity index (χ4v) is 1.73. The fourth-order valence-electron chi connectivity index (χ4n) is 1.12. The first-order valence-electron chi connectivity index (χ1n) is 3.89. The third kappa shape index (κ3) is 1.87. The molecule has 0 aliphatic rings. The van der Waals surface area contributed by atoms with Crippen LogP contribution in [0.15, 0.2) is 16.6 Å². The molecule has 74 valence electrons. The van der Waals surface area contributed by atoms with Gasteiger partial charge in [0.2, 0.25) is 0 Å². The van der Waals surface area contributed by atoms with Crippen molar-refractivity contribution in [2.24, 2.45) is 5.73 Å². The largest absolute Gasteiger partial charge is 0.506 e. The average Bonchev–Trinajstić information content (AvgIpc) is 2.18. The van der Waals surface area contributed by atoms with Gasteiger partial charge in [0.15, 0.2) is 0 Å². The molecule has 0 aliphatic heterocycles. The zero-order chi connectivity index (χ0) is 10.7. The molecule has 1 aromatic carbocycles. The molecule has 0 heterocycles. The lowest BCUT2D eigenvalue weighted by molar-refractivity contribution is 0.265. The van der Waals surface area contributed by atoms with Gasteiger partial charge in [-0.25, -0.2) is 0 Å². The second-order valence-corrected chi connectivity index (χ2v) is 3.61. The van der Waals surface area contributed by atoms with E-state index in [1.54, 1.807) is 6.07 Å². The van der Waals surface area contributed by atoms with Crippen molar-refractivity contribution in [3.63, 3.8) is 0 Å². The van der Waals surface area contributed by atoms with Gasteiger partial charge in [0.25, 0.3) is 0 Å². The highest BCUT2D eigenvalue weighted by Crippen LogP contribution is 2.33. The van der Waals surface area contributed by atoms with E-state index in [0.29, 0.717) is 10.0 Å². The molecule has 0 bridgehead atoms. The van der Waals surface area contributed by atoms with Crippen LogP contribution >= 0.6 is 15.9 Å². The Morgan fingerprint density at radius 2 is 2.21 bits per heavy atom. The maximum atomic E-state index is 9.63. The summed E-state index contributed by atoms with van der Waals surface area (Å²) in [7, 11) is 0. The van der Waals surface area contributed by atoms with E-state index in [-0.39, 0.29) is 17.9 Å². The summed E-state index contributed by atoms with van der Waals surface area (Å²) >= 11 is 3.19. The highest BCUT2D eigenvalue weighted by atomic mass is 79.9. The Balaban J connectivity index is 3.34. The lowest BCUT2D eigenvalue weighted by atomic mass is 10.0. The monoisotopic (exact) mass is 256 g/mol. The number of nitriles is 1. The summed E-state index contributed by atoms with van der Waals surface area (Å²) in [6.07, 6.45) is 0. The molecule has 0 saturated carbocycles. The van der Waals surface area contributed by atoms with Crippen LogP contribution in [0, 0.1) is 11.3 Å². The van der Waals surface area contributed by atoms with Crippen molar-refractivity contribution in [2.45, 2.75) is 6.04 Å². The molecule has 4 nitrogen and oxygen atoms in total. The number of hydrogen-bond acceptors (Lipinski definition) is 4. The van der Waals surface area contributed by atoms with Gasteiger partial charge in [0.05, 0.1) is 18.2 Å². The molecule has 1 aromatic rings. The predicted octanol–water partition coefficient (Wildman–Crippen LogP) is 1.02. The minimum Gasteiger partial charge on any atom is -0.506 e. The minimum atomic E-state index is -0.697. The molecule has 1 atom stereocenters. The van der Waals surface area contributed by atoms with Crippen molar-refractivity contribution in [1.82, 2.24) is 0 Å². The maximum Gasteiger partial charge on any atom is 0.139 e. The second-order valence-electron chi connectivity index (χ2n) is 2.76. The fraction of sp³-hybridized carbons (Fsp3) is 0.222. The summed E-state index contributed by atoms with van der Waals surface area (Å²) in [5.74, 6) is -0.177. The quantitative estimate of drug-likeness (QED) is 0.737. The predicted molar refractivity (Wildman–Crippen MR) is 54.5 cm³/mol. The SMILES string of the molecule is N#Cc1ccc(Br)c([C@@H](N)CO)c1O. The van der Waals surface area contributed by atoms with Crippen molar-refractivity contribution in [3.05, 3.63) is 27.7 Å². The number of rotatable bonds is 2. The lowest BCUT2D eigenvalue weighted by Gasteiger charge is -2.13. The van der Waals surface area contributed by atoms with Gasteiger partial charge in [-0.15, -0.1) is 0 Å². The first-order valence-corrected chi connectivity index (χ1v) is 4.69. The first-order chi connectivity index (χ1) is 6.61. The maximum absolute atomic E-state index is 9.63. The van der Waals surface area contributed by atoms with E-state index in [4.69, 9.17) is 16.1 Å². The van der Waals surface area contributed by atoms with Gasteiger partial charge in [-0.1, -0.05) is 15.9 Å². The van der Waals surface area contributed by atoms with E-state index in [0.717, 1.165) is 0 Å². The standard InChI is InChI=1S/C9H9BrN2O2/c10-6-2-1-5(3-11)9(14)8(6)7(12)4-13/h1-2,7,13-14H,4,12H2/t7-/m0/s1. The number of aromatic hydroxyl groups is 1. The summed E-state index contributed by atoms with van der Waals surface area (Å²) in [4.78, 5) is 0. The third-order valence-corrected chi connectivity index (χ3v) is 2.54. The highest BCUT2D eigenvalue weighted by molar-refractivity contribution is 9.10. The average molecular weight is 257 g/mol. The van der Waals surface area contributed by atoms with Crippen molar-refractivity contribution in [2.75, 3.05) is 6.61 Å². The van der Waals surface area contributed by atoms with Gasteiger partial charge in [0, 0.05) is 10.0 Å². The Kier molecular flexibility index (Phi) is 3.47. The van der Waals surface area contributed by atoms with E-state index in [1.165, 1.54) is 6.07 Å². The number of phenols is 1. The Morgan fingerprint density at radius 1 is 1.57 bits per heavy atom. The van der Waals surface area contributed by atoms with Crippen molar-refractivity contribution >= 4 is 15.9 Å². The summed E-state index contributed by atoms with van der Waals surface area (Å²) in [6, 6.07) is 4.23. The number of aliphatic hydroxyl groups excluding tert-OH is 1. The zero-order valence-corrected chi connectivity index (χ0v) is 8.82. The number of halogens is 1. The van der Waals surface area contributed by atoms with E-state index in [1.807, 2.05) is 6.07 Å². The third-order valence-electron chi connectivity index (χ3n) is 1.85. The molecule has 0 unspecified atom stereocenters. The van der Waals surface area contributed by atoms with Crippen LogP contribution in [0.4, 0.5) is 0 Å². The van der Waals surface area contributed by atoms with Gasteiger partial charge < -0.3 is 15.9 Å². The van der Waals surface area contributed by atoms with Gasteiger partial charge in [-0.2, -0.15) is 5.26 Å². The summed E-state index contributed by atoms with van der Waals surface area (Å²) in [5.41, 5.74) is 6.07. The summed E-state index contributed by atoms with van der Waals surface area (Å²) < 4.78 is 0.579. The van der Waals surface area contributed by atoms with Crippen LogP contribution in [-0.4, -0.2) is 16.8 Å². The Labute approximate surface area is 89.7 Å². The molecule has 0 spiro atoms. The summed E-state index contributed by atoms with van der Waals surface area (Å²) in [6.45, 7) is -0.291. The van der Waals surface area contributed by atoms with Crippen molar-refractivity contribution in [3.8, 4) is 11.8 Å². The topological polar surface area (TPSA) is 90.3 Å². The molecule has 0 amide bonds. The number of benzene rings is 1. The Hall–Kier alpha value is -1.09. The molecule has 0 aromatic heterocycles. The highest BCUT2D eigenvalue weighted by Gasteiger charge is 2.16. The molecular formula is C9H9BrN2O2. The van der Waals surface area contributed by atoms with Crippen LogP contribution in [0.2, 0.25) is 0 Å². The lowest BCUT2D eigenvalue weighted by Crippen LogP contribution is -2.15. The normalized spacial score (nSPS) is 12.1. The van der Waals surface area contributed by atoms with Crippen LogP contribution < -0.4 is 5.73 Å².